The number of carbonyl (C=O) groups excluding carboxylic acids is 1. The SMILES string of the molecule is Cc1ccc(C(=O)Nc2cccc(OC(C)C)c2)cc1NS(C)(=O)=O. The molecule has 134 valence electrons. The first-order valence-corrected chi connectivity index (χ1v) is 9.70. The fourth-order valence-corrected chi connectivity index (χ4v) is 2.81. The van der Waals surface area contributed by atoms with E-state index in [0.717, 1.165) is 11.8 Å². The van der Waals surface area contributed by atoms with Crippen molar-refractivity contribution in [3.63, 3.8) is 0 Å². The number of benzene rings is 2. The molecule has 2 aromatic carbocycles. The van der Waals surface area contributed by atoms with Gasteiger partial charge in [-0.25, -0.2) is 8.42 Å². The number of sulfonamides is 1. The molecule has 0 spiro atoms. The van der Waals surface area contributed by atoms with E-state index in [0.29, 0.717) is 22.7 Å². The van der Waals surface area contributed by atoms with E-state index in [2.05, 4.69) is 10.0 Å². The Hall–Kier alpha value is -2.54. The Morgan fingerprint density at radius 3 is 2.48 bits per heavy atom. The molecule has 1 amide bonds. The Morgan fingerprint density at radius 1 is 1.12 bits per heavy atom. The van der Waals surface area contributed by atoms with Gasteiger partial charge >= 0.3 is 0 Å². The minimum atomic E-state index is -3.42. The van der Waals surface area contributed by atoms with E-state index in [1.54, 1.807) is 37.3 Å². The Bertz CT molecular complexity index is 876. The second-order valence-corrected chi connectivity index (χ2v) is 7.80. The predicted octanol–water partition coefficient (Wildman–Crippen LogP) is 3.41. The van der Waals surface area contributed by atoms with Crippen molar-refractivity contribution in [3.8, 4) is 5.75 Å². The van der Waals surface area contributed by atoms with Crippen molar-refractivity contribution >= 4 is 27.3 Å². The van der Waals surface area contributed by atoms with E-state index in [1.165, 1.54) is 6.07 Å². The van der Waals surface area contributed by atoms with E-state index < -0.39 is 10.0 Å². The Labute approximate surface area is 148 Å². The van der Waals surface area contributed by atoms with Crippen LogP contribution >= 0.6 is 0 Å². The van der Waals surface area contributed by atoms with Gasteiger partial charge in [0.15, 0.2) is 0 Å². The number of amides is 1. The molecule has 0 atom stereocenters. The average Bonchev–Trinajstić information content (AvgIpc) is 2.47. The second kappa shape index (κ2) is 7.57. The third-order valence-electron chi connectivity index (χ3n) is 3.26. The van der Waals surface area contributed by atoms with Crippen LogP contribution in [0.4, 0.5) is 11.4 Å². The fourth-order valence-electron chi connectivity index (χ4n) is 2.20. The predicted molar refractivity (Wildman–Crippen MR) is 99.8 cm³/mol. The highest BCUT2D eigenvalue weighted by atomic mass is 32.2. The van der Waals surface area contributed by atoms with Gasteiger partial charge in [0.1, 0.15) is 5.75 Å². The summed E-state index contributed by atoms with van der Waals surface area (Å²) in [6.07, 6.45) is 1.10. The number of hydrogen-bond acceptors (Lipinski definition) is 4. The van der Waals surface area contributed by atoms with Gasteiger partial charge in [0, 0.05) is 17.3 Å². The lowest BCUT2D eigenvalue weighted by atomic mass is 10.1. The summed E-state index contributed by atoms with van der Waals surface area (Å²) < 4.78 is 30.9. The van der Waals surface area contributed by atoms with E-state index in [9.17, 15) is 13.2 Å². The van der Waals surface area contributed by atoms with Gasteiger partial charge < -0.3 is 10.1 Å². The summed E-state index contributed by atoms with van der Waals surface area (Å²) in [5.74, 6) is 0.328. The Kier molecular flexibility index (Phi) is 5.69. The molecule has 0 aromatic heterocycles. The molecule has 2 rings (SSSR count). The van der Waals surface area contributed by atoms with Gasteiger partial charge in [-0.3, -0.25) is 9.52 Å². The molecule has 2 N–H and O–H groups in total. The molecule has 0 aliphatic rings. The van der Waals surface area contributed by atoms with Gasteiger partial charge in [0.05, 0.1) is 18.0 Å². The molecule has 7 heteroatoms. The standard InChI is InChI=1S/C18H22N2O4S/c1-12(2)24-16-7-5-6-15(11-16)19-18(21)14-9-8-13(3)17(10-14)20-25(4,22)23/h5-12,20H,1-4H3,(H,19,21). The molecular formula is C18H22N2O4S. The summed E-state index contributed by atoms with van der Waals surface area (Å²) in [6, 6.07) is 12.0. The lowest BCUT2D eigenvalue weighted by Gasteiger charge is -2.12. The van der Waals surface area contributed by atoms with Crippen LogP contribution in [0, 0.1) is 6.92 Å². The maximum Gasteiger partial charge on any atom is 0.255 e. The van der Waals surface area contributed by atoms with Crippen molar-refractivity contribution in [2.45, 2.75) is 26.9 Å². The van der Waals surface area contributed by atoms with Crippen molar-refractivity contribution in [2.24, 2.45) is 0 Å². The molecule has 0 heterocycles. The molecular weight excluding hydrogens is 340 g/mol. The maximum atomic E-state index is 12.4. The molecule has 0 radical (unpaired) electrons. The summed E-state index contributed by atoms with van der Waals surface area (Å²) in [6.45, 7) is 5.61. The fraction of sp³-hybridized carbons (Fsp3) is 0.278. The number of hydrogen-bond donors (Lipinski definition) is 2. The monoisotopic (exact) mass is 362 g/mol. The lowest BCUT2D eigenvalue weighted by molar-refractivity contribution is 0.102. The molecule has 0 fully saturated rings. The van der Waals surface area contributed by atoms with Gasteiger partial charge in [0.25, 0.3) is 5.91 Å². The number of anilines is 2. The minimum Gasteiger partial charge on any atom is -0.491 e. The maximum absolute atomic E-state index is 12.4. The van der Waals surface area contributed by atoms with Gasteiger partial charge in [-0.2, -0.15) is 0 Å². The highest BCUT2D eigenvalue weighted by Gasteiger charge is 2.11. The number of nitrogens with one attached hydrogen (secondary N) is 2. The average molecular weight is 362 g/mol. The normalized spacial score (nSPS) is 11.2. The van der Waals surface area contributed by atoms with Gasteiger partial charge in [-0.15, -0.1) is 0 Å². The quantitative estimate of drug-likeness (QED) is 0.825. The van der Waals surface area contributed by atoms with Crippen molar-refractivity contribution in [3.05, 3.63) is 53.6 Å². The summed E-state index contributed by atoms with van der Waals surface area (Å²) in [5.41, 5.74) is 2.06. The molecule has 0 saturated heterocycles. The third kappa shape index (κ3) is 5.79. The van der Waals surface area contributed by atoms with Crippen LogP contribution in [0.1, 0.15) is 29.8 Å². The van der Waals surface area contributed by atoms with Crippen LogP contribution in [0.2, 0.25) is 0 Å². The Morgan fingerprint density at radius 2 is 1.84 bits per heavy atom. The van der Waals surface area contributed by atoms with Gasteiger partial charge in [0.2, 0.25) is 10.0 Å². The first-order valence-electron chi connectivity index (χ1n) is 7.80. The zero-order chi connectivity index (χ0) is 18.6. The molecule has 0 unspecified atom stereocenters. The molecule has 0 aliphatic carbocycles. The van der Waals surface area contributed by atoms with Crippen molar-refractivity contribution < 1.29 is 17.9 Å². The van der Waals surface area contributed by atoms with Crippen molar-refractivity contribution in [2.75, 3.05) is 16.3 Å². The van der Waals surface area contributed by atoms with Gasteiger partial charge in [-0.1, -0.05) is 12.1 Å². The van der Waals surface area contributed by atoms with E-state index in [4.69, 9.17) is 4.74 Å². The summed E-state index contributed by atoms with van der Waals surface area (Å²) in [4.78, 5) is 12.4. The highest BCUT2D eigenvalue weighted by Crippen LogP contribution is 2.21. The molecule has 0 bridgehead atoms. The van der Waals surface area contributed by atoms with Crippen LogP contribution in [0.3, 0.4) is 0 Å². The molecule has 25 heavy (non-hydrogen) atoms. The van der Waals surface area contributed by atoms with Crippen molar-refractivity contribution in [1.29, 1.82) is 0 Å². The van der Waals surface area contributed by atoms with Crippen LogP contribution in [0.15, 0.2) is 42.5 Å². The topological polar surface area (TPSA) is 84.5 Å². The van der Waals surface area contributed by atoms with Crippen LogP contribution < -0.4 is 14.8 Å². The smallest absolute Gasteiger partial charge is 0.255 e. The zero-order valence-electron chi connectivity index (χ0n) is 14.7. The zero-order valence-corrected chi connectivity index (χ0v) is 15.5. The van der Waals surface area contributed by atoms with Crippen LogP contribution in [-0.4, -0.2) is 26.7 Å². The number of rotatable bonds is 6. The van der Waals surface area contributed by atoms with Crippen LogP contribution in [-0.2, 0) is 10.0 Å². The summed E-state index contributed by atoms with van der Waals surface area (Å²) in [7, 11) is -3.42. The number of ether oxygens (including phenoxy) is 1. The minimum absolute atomic E-state index is 0.0349. The molecule has 6 nitrogen and oxygen atoms in total. The molecule has 0 saturated carbocycles. The molecule has 2 aromatic rings. The van der Waals surface area contributed by atoms with Crippen molar-refractivity contribution in [1.82, 2.24) is 0 Å². The first-order chi connectivity index (χ1) is 11.6. The number of carbonyl (C=O) groups is 1. The highest BCUT2D eigenvalue weighted by molar-refractivity contribution is 7.92. The summed E-state index contributed by atoms with van der Waals surface area (Å²) in [5, 5.41) is 2.79. The van der Waals surface area contributed by atoms with Gasteiger partial charge in [-0.05, 0) is 50.6 Å². The third-order valence-corrected chi connectivity index (χ3v) is 3.85. The van der Waals surface area contributed by atoms with E-state index in [1.807, 2.05) is 19.9 Å². The Balaban J connectivity index is 2.20. The number of aryl methyl sites for hydroxylation is 1. The van der Waals surface area contributed by atoms with Crippen LogP contribution in [0.5, 0.6) is 5.75 Å². The molecule has 0 aliphatic heterocycles. The van der Waals surface area contributed by atoms with Crippen LogP contribution in [0.25, 0.3) is 0 Å². The first kappa shape index (κ1) is 18.8. The van der Waals surface area contributed by atoms with E-state index in [-0.39, 0.29) is 12.0 Å². The van der Waals surface area contributed by atoms with E-state index >= 15 is 0 Å². The summed E-state index contributed by atoms with van der Waals surface area (Å²) >= 11 is 0. The second-order valence-electron chi connectivity index (χ2n) is 6.05. The largest absolute Gasteiger partial charge is 0.491 e. The lowest BCUT2D eigenvalue weighted by Crippen LogP contribution is -2.15.